The van der Waals surface area contributed by atoms with E-state index in [4.69, 9.17) is 9.29 Å². The van der Waals surface area contributed by atoms with Gasteiger partial charge in [0, 0.05) is 23.5 Å². The quantitative estimate of drug-likeness (QED) is 0.158. The first kappa shape index (κ1) is 21.2. The fourth-order valence-electron chi connectivity index (χ4n) is 3.41. The van der Waals surface area contributed by atoms with Gasteiger partial charge in [-0.2, -0.15) is 8.42 Å². The van der Waals surface area contributed by atoms with Crippen LogP contribution < -0.4 is 0 Å². The number of thiol groups is 1. The third-order valence-corrected chi connectivity index (χ3v) is 5.62. The molecule has 0 aromatic heterocycles. The third kappa shape index (κ3) is 4.27. The molecule has 1 aromatic carbocycles. The van der Waals surface area contributed by atoms with Gasteiger partial charge in [-0.25, -0.2) is 8.98 Å². The Bertz CT molecular complexity index is 1000. The topological polar surface area (TPSA) is 153 Å². The van der Waals surface area contributed by atoms with Gasteiger partial charge in [-0.15, -0.1) is 12.6 Å². The molecule has 3 atom stereocenters. The average Bonchev–Trinajstić information content (AvgIpc) is 2.91. The largest absolute Gasteiger partial charge is 0.456 e. The van der Waals surface area contributed by atoms with E-state index in [1.54, 1.807) is 0 Å². The van der Waals surface area contributed by atoms with Crippen molar-refractivity contribution in [2.75, 3.05) is 0 Å². The Morgan fingerprint density at radius 1 is 1.41 bits per heavy atom. The fourth-order valence-corrected chi connectivity index (χ4v) is 4.30. The van der Waals surface area contributed by atoms with E-state index in [0.29, 0.717) is 10.5 Å². The third-order valence-electron chi connectivity index (χ3n) is 4.68. The van der Waals surface area contributed by atoms with E-state index in [-0.39, 0.29) is 24.4 Å². The van der Waals surface area contributed by atoms with Crippen LogP contribution in [0.5, 0.6) is 0 Å². The number of hydrogen-bond acceptors (Lipinski definition) is 9. The first-order valence-electron chi connectivity index (χ1n) is 8.31. The molecule has 1 fully saturated rings. The molecule has 156 valence electrons. The number of carbonyl (C=O) groups excluding carboxylic acids is 2. The molecule has 1 amide bonds. The molecular weight excluding hydrogens is 428 g/mol. The van der Waals surface area contributed by atoms with Gasteiger partial charge in [0.25, 0.3) is 5.69 Å². The van der Waals surface area contributed by atoms with Crippen LogP contribution in [0.2, 0.25) is 0 Å². The smallest absolute Gasteiger partial charge is 0.397 e. The second-order valence-electron chi connectivity index (χ2n) is 6.53. The molecule has 1 aromatic rings. The number of nitro benzene ring substituents is 1. The molecular formula is C16H16N2O9S2. The van der Waals surface area contributed by atoms with Crippen LogP contribution in [0.15, 0.2) is 34.9 Å². The highest BCUT2D eigenvalue weighted by molar-refractivity contribution is 7.84. The molecule has 3 rings (SSSR count). The molecule has 2 aliphatic heterocycles. The number of hydrogen-bond donors (Lipinski definition) is 2. The number of β-lactam (4-membered cyclic amide) rings is 1. The molecule has 0 saturated carbocycles. The van der Waals surface area contributed by atoms with Crippen molar-refractivity contribution in [3.63, 3.8) is 0 Å². The van der Waals surface area contributed by atoms with Gasteiger partial charge in [0.2, 0.25) is 5.91 Å². The zero-order chi connectivity index (χ0) is 21.5. The summed E-state index contributed by atoms with van der Waals surface area (Å²) < 4.78 is 40.2. The summed E-state index contributed by atoms with van der Waals surface area (Å²) in [6.45, 7) is 1.16. The summed E-state index contributed by atoms with van der Waals surface area (Å²) in [6.07, 6.45) is -0.906. The summed E-state index contributed by atoms with van der Waals surface area (Å²) in [5, 5.41) is 10.7. The van der Waals surface area contributed by atoms with E-state index >= 15 is 0 Å². The molecule has 1 saturated heterocycles. The Morgan fingerprint density at radius 2 is 2.03 bits per heavy atom. The van der Waals surface area contributed by atoms with E-state index in [1.807, 2.05) is 0 Å². The first-order valence-corrected chi connectivity index (χ1v) is 10.1. The zero-order valence-corrected chi connectivity index (χ0v) is 16.6. The van der Waals surface area contributed by atoms with Crippen LogP contribution in [0.4, 0.5) is 5.69 Å². The van der Waals surface area contributed by atoms with E-state index in [9.17, 15) is 28.1 Å². The van der Waals surface area contributed by atoms with Gasteiger partial charge in [-0.05, 0) is 24.6 Å². The second-order valence-corrected chi connectivity index (χ2v) is 8.12. The summed E-state index contributed by atoms with van der Waals surface area (Å²) in [6, 6.07) is 4.90. The van der Waals surface area contributed by atoms with Crippen molar-refractivity contribution in [2.24, 2.45) is 5.92 Å². The Hall–Kier alpha value is -2.48. The summed E-state index contributed by atoms with van der Waals surface area (Å²) >= 11 is 4.24. The normalized spacial score (nSPS) is 22.2. The summed E-state index contributed by atoms with van der Waals surface area (Å²) in [7, 11) is -4.73. The molecule has 0 aliphatic carbocycles. The second kappa shape index (κ2) is 7.74. The molecule has 0 radical (unpaired) electrons. The number of rotatable bonds is 7. The molecule has 2 heterocycles. The van der Waals surface area contributed by atoms with Crippen LogP contribution in [0.25, 0.3) is 0 Å². The predicted molar refractivity (Wildman–Crippen MR) is 99.7 cm³/mol. The molecule has 0 unspecified atom stereocenters. The van der Waals surface area contributed by atoms with Crippen molar-refractivity contribution in [3.05, 3.63) is 50.5 Å². The highest BCUT2D eigenvalue weighted by Gasteiger charge is 2.57. The maximum atomic E-state index is 12.4. The van der Waals surface area contributed by atoms with Gasteiger partial charge in [0.1, 0.15) is 12.3 Å². The minimum Gasteiger partial charge on any atom is -0.456 e. The molecule has 0 bridgehead atoms. The number of fused-ring (bicyclic) bond motifs is 1. The Kier molecular flexibility index (Phi) is 5.67. The average molecular weight is 444 g/mol. The first-order chi connectivity index (χ1) is 13.5. The van der Waals surface area contributed by atoms with E-state index in [0.717, 1.165) is 0 Å². The number of amides is 1. The number of benzene rings is 1. The number of non-ortho nitro benzene ring substituents is 1. The number of esters is 1. The SMILES string of the molecule is C[C@H](OS(=O)(=O)O)[C@@H]1C(=O)N2C(C(=O)OCc3ccc([N+](=O)[O-])cc3)=C(S)C[C@H]12. The molecule has 11 nitrogen and oxygen atoms in total. The van der Waals surface area contributed by atoms with Gasteiger partial charge in [-0.1, -0.05) is 0 Å². The fraction of sp³-hybridized carbons (Fsp3) is 0.375. The van der Waals surface area contributed by atoms with Gasteiger partial charge in [0.15, 0.2) is 0 Å². The van der Waals surface area contributed by atoms with Crippen molar-refractivity contribution < 1.29 is 36.4 Å². The van der Waals surface area contributed by atoms with Gasteiger partial charge in [0.05, 0.1) is 23.0 Å². The Balaban J connectivity index is 1.64. The van der Waals surface area contributed by atoms with Crippen molar-refractivity contribution in [2.45, 2.75) is 32.1 Å². The van der Waals surface area contributed by atoms with Crippen LogP contribution in [-0.4, -0.2) is 46.8 Å². The van der Waals surface area contributed by atoms with E-state index < -0.39 is 45.3 Å². The Morgan fingerprint density at radius 3 is 2.59 bits per heavy atom. The van der Waals surface area contributed by atoms with Crippen LogP contribution >= 0.6 is 12.6 Å². The number of nitrogens with zero attached hydrogens (tertiary/aromatic N) is 2. The summed E-state index contributed by atoms with van der Waals surface area (Å²) in [4.78, 5) is 36.5. The van der Waals surface area contributed by atoms with Crippen LogP contribution in [0.3, 0.4) is 0 Å². The lowest BCUT2D eigenvalue weighted by Crippen LogP contribution is -2.62. The number of nitro groups is 1. The lowest BCUT2D eigenvalue weighted by molar-refractivity contribution is -0.384. The summed E-state index contributed by atoms with van der Waals surface area (Å²) in [5.74, 6) is -2.21. The monoisotopic (exact) mass is 444 g/mol. The summed E-state index contributed by atoms with van der Waals surface area (Å²) in [5.41, 5.74) is 0.376. The molecule has 29 heavy (non-hydrogen) atoms. The van der Waals surface area contributed by atoms with Crippen LogP contribution in [0.1, 0.15) is 18.9 Å². The lowest BCUT2D eigenvalue weighted by atomic mass is 9.83. The number of carbonyl (C=O) groups is 2. The molecule has 13 heteroatoms. The van der Waals surface area contributed by atoms with Crippen molar-refractivity contribution in [1.82, 2.24) is 4.90 Å². The van der Waals surface area contributed by atoms with Crippen molar-refractivity contribution >= 4 is 40.6 Å². The van der Waals surface area contributed by atoms with Crippen LogP contribution in [0, 0.1) is 16.0 Å². The van der Waals surface area contributed by atoms with Crippen LogP contribution in [-0.2, 0) is 35.5 Å². The van der Waals surface area contributed by atoms with Crippen molar-refractivity contribution in [1.29, 1.82) is 0 Å². The minimum absolute atomic E-state index is 0.0412. The maximum Gasteiger partial charge on any atom is 0.397 e. The molecule has 2 aliphatic rings. The minimum atomic E-state index is -4.73. The number of ether oxygens (including phenoxy) is 1. The maximum absolute atomic E-state index is 12.4. The Labute approximate surface area is 170 Å². The predicted octanol–water partition coefficient (Wildman–Crippen LogP) is 1.22. The standard InChI is InChI=1S/C16H16N2O9S2/c1-8(27-29(23,24)25)13-11-6-12(28)14(17(11)15(13)19)16(20)26-7-9-2-4-10(5-3-9)18(21)22/h2-5,8,11,13,28H,6-7H2,1H3,(H,23,24,25)/t8-,11+,13-/m0/s1. The van der Waals surface area contributed by atoms with Gasteiger partial charge < -0.3 is 9.64 Å². The van der Waals surface area contributed by atoms with Gasteiger partial charge in [-0.3, -0.25) is 19.5 Å². The van der Waals surface area contributed by atoms with E-state index in [1.165, 1.54) is 36.1 Å². The van der Waals surface area contributed by atoms with Crippen molar-refractivity contribution in [3.8, 4) is 0 Å². The molecule has 0 spiro atoms. The lowest BCUT2D eigenvalue weighted by Gasteiger charge is -2.45. The van der Waals surface area contributed by atoms with Gasteiger partial charge >= 0.3 is 16.4 Å². The highest BCUT2D eigenvalue weighted by atomic mass is 32.3. The zero-order valence-electron chi connectivity index (χ0n) is 14.9. The highest BCUT2D eigenvalue weighted by Crippen LogP contribution is 2.45. The molecule has 1 N–H and O–H groups in total. The van der Waals surface area contributed by atoms with E-state index in [2.05, 4.69) is 16.8 Å².